The lowest BCUT2D eigenvalue weighted by Crippen LogP contribution is -2.37. The number of rotatable bonds is 6. The Bertz CT molecular complexity index is 793. The second-order valence-electron chi connectivity index (χ2n) is 6.69. The third kappa shape index (κ3) is 6.11. The van der Waals surface area contributed by atoms with Crippen molar-refractivity contribution >= 4 is 29.9 Å². The van der Waals surface area contributed by atoms with E-state index in [2.05, 4.69) is 30.4 Å². The summed E-state index contributed by atoms with van der Waals surface area (Å²) < 4.78 is 29.2. The molecule has 3 rings (SSSR count). The topological polar surface area (TPSA) is 67.1 Å². The SMILES string of the molecule is CN=C(NCCCc1nnc2n1CCCCC2)NCc1cc(F)ccc1F.I. The molecular weight excluding hydrogens is 477 g/mol. The van der Waals surface area contributed by atoms with Gasteiger partial charge in [0.25, 0.3) is 0 Å². The van der Waals surface area contributed by atoms with Crippen LogP contribution in [0.4, 0.5) is 8.78 Å². The molecule has 154 valence electrons. The highest BCUT2D eigenvalue weighted by molar-refractivity contribution is 14.0. The average molecular weight is 504 g/mol. The third-order valence-electron chi connectivity index (χ3n) is 4.73. The first kappa shape index (κ1) is 22.5. The summed E-state index contributed by atoms with van der Waals surface area (Å²) in [6.07, 6.45) is 6.36. The van der Waals surface area contributed by atoms with E-state index in [4.69, 9.17) is 0 Å². The van der Waals surface area contributed by atoms with E-state index >= 15 is 0 Å². The fourth-order valence-corrected chi connectivity index (χ4v) is 3.26. The van der Waals surface area contributed by atoms with Gasteiger partial charge in [0, 0.05) is 45.1 Å². The van der Waals surface area contributed by atoms with Crippen LogP contribution < -0.4 is 10.6 Å². The van der Waals surface area contributed by atoms with Crippen LogP contribution in [0.1, 0.15) is 42.9 Å². The normalized spacial score (nSPS) is 14.0. The Morgan fingerprint density at radius 2 is 2.04 bits per heavy atom. The van der Waals surface area contributed by atoms with Crippen LogP contribution in [0.25, 0.3) is 0 Å². The Balaban J connectivity index is 0.00000280. The molecule has 0 saturated heterocycles. The summed E-state index contributed by atoms with van der Waals surface area (Å²) in [5.41, 5.74) is 0.268. The van der Waals surface area contributed by atoms with Crippen molar-refractivity contribution in [2.45, 2.75) is 51.6 Å². The maximum atomic E-state index is 13.7. The third-order valence-corrected chi connectivity index (χ3v) is 4.73. The lowest BCUT2D eigenvalue weighted by atomic mass is 10.2. The van der Waals surface area contributed by atoms with Gasteiger partial charge in [0.2, 0.25) is 0 Å². The van der Waals surface area contributed by atoms with E-state index in [9.17, 15) is 8.78 Å². The summed E-state index contributed by atoms with van der Waals surface area (Å²) in [7, 11) is 1.65. The molecule has 0 fully saturated rings. The molecule has 6 nitrogen and oxygen atoms in total. The van der Waals surface area contributed by atoms with Crippen molar-refractivity contribution < 1.29 is 8.78 Å². The number of nitrogens with one attached hydrogen (secondary N) is 2. The number of aryl methyl sites for hydroxylation is 2. The zero-order valence-corrected chi connectivity index (χ0v) is 18.4. The van der Waals surface area contributed by atoms with Crippen molar-refractivity contribution in [2.75, 3.05) is 13.6 Å². The van der Waals surface area contributed by atoms with E-state index in [1.165, 1.54) is 25.3 Å². The van der Waals surface area contributed by atoms with Crippen LogP contribution in [0.5, 0.6) is 0 Å². The number of hydrogen-bond donors (Lipinski definition) is 2. The second-order valence-corrected chi connectivity index (χ2v) is 6.69. The minimum atomic E-state index is -0.455. The zero-order valence-electron chi connectivity index (χ0n) is 16.0. The Morgan fingerprint density at radius 3 is 2.86 bits per heavy atom. The van der Waals surface area contributed by atoms with Gasteiger partial charge in [-0.25, -0.2) is 8.78 Å². The number of guanidine groups is 1. The van der Waals surface area contributed by atoms with Gasteiger partial charge in [0.15, 0.2) is 5.96 Å². The number of hydrogen-bond acceptors (Lipinski definition) is 3. The Hall–Kier alpha value is -1.78. The van der Waals surface area contributed by atoms with Crippen LogP contribution in [0, 0.1) is 11.6 Å². The summed E-state index contributed by atoms with van der Waals surface area (Å²) in [5.74, 6) is 1.80. The summed E-state index contributed by atoms with van der Waals surface area (Å²) >= 11 is 0. The van der Waals surface area contributed by atoms with Gasteiger partial charge in [0.1, 0.15) is 23.3 Å². The number of halogens is 3. The Kier molecular flexibility index (Phi) is 9.07. The monoisotopic (exact) mass is 504 g/mol. The number of aromatic nitrogens is 3. The van der Waals surface area contributed by atoms with Gasteiger partial charge in [-0.3, -0.25) is 4.99 Å². The minimum absolute atomic E-state index is 0. The van der Waals surface area contributed by atoms with E-state index < -0.39 is 11.6 Å². The fraction of sp³-hybridized carbons (Fsp3) is 0.526. The molecule has 1 aromatic heterocycles. The molecule has 0 bridgehead atoms. The standard InChI is InChI=1S/C19H26F2N6.HI/c1-22-19(24-13-14-12-15(20)8-9-16(14)21)23-10-5-7-18-26-25-17-6-3-2-4-11-27(17)18;/h8-9,12H,2-7,10-11,13H2,1H3,(H2,22,23,24);1H. The van der Waals surface area contributed by atoms with Crippen LogP contribution in [0.3, 0.4) is 0 Å². The molecule has 2 aromatic rings. The number of fused-ring (bicyclic) bond motifs is 1. The van der Waals surface area contributed by atoms with Crippen LogP contribution in [-0.2, 0) is 25.9 Å². The first-order valence-corrected chi connectivity index (χ1v) is 9.47. The molecule has 0 unspecified atom stereocenters. The van der Waals surface area contributed by atoms with Crippen molar-refractivity contribution in [3.63, 3.8) is 0 Å². The Morgan fingerprint density at radius 1 is 1.18 bits per heavy atom. The molecule has 0 atom stereocenters. The largest absolute Gasteiger partial charge is 0.356 e. The molecule has 1 aliphatic rings. The molecule has 2 heterocycles. The van der Waals surface area contributed by atoms with Gasteiger partial charge in [-0.1, -0.05) is 6.42 Å². The van der Waals surface area contributed by atoms with Crippen LogP contribution in [-0.4, -0.2) is 34.3 Å². The van der Waals surface area contributed by atoms with Crippen molar-refractivity contribution in [3.8, 4) is 0 Å². The molecule has 1 aliphatic heterocycles. The molecule has 1 aromatic carbocycles. The first-order chi connectivity index (χ1) is 13.2. The molecule has 0 amide bonds. The Labute approximate surface area is 181 Å². The molecule has 0 radical (unpaired) electrons. The van der Waals surface area contributed by atoms with Crippen molar-refractivity contribution in [1.82, 2.24) is 25.4 Å². The lowest BCUT2D eigenvalue weighted by molar-refractivity contribution is 0.580. The maximum Gasteiger partial charge on any atom is 0.191 e. The number of aliphatic imine (C=N–C) groups is 1. The van der Waals surface area contributed by atoms with Gasteiger partial charge < -0.3 is 15.2 Å². The summed E-state index contributed by atoms with van der Waals surface area (Å²) in [6.45, 7) is 1.88. The minimum Gasteiger partial charge on any atom is -0.356 e. The molecular formula is C19H27F2IN6. The predicted octanol–water partition coefficient (Wildman–Crippen LogP) is 3.20. The zero-order chi connectivity index (χ0) is 19.1. The van der Waals surface area contributed by atoms with Crippen LogP contribution in [0.2, 0.25) is 0 Å². The summed E-state index contributed by atoms with van der Waals surface area (Å²) in [6, 6.07) is 3.42. The van der Waals surface area contributed by atoms with Crippen molar-refractivity contribution in [1.29, 1.82) is 0 Å². The quantitative estimate of drug-likeness (QED) is 0.275. The molecule has 0 aliphatic carbocycles. The van der Waals surface area contributed by atoms with Gasteiger partial charge in [-0.15, -0.1) is 34.2 Å². The molecule has 28 heavy (non-hydrogen) atoms. The second kappa shape index (κ2) is 11.3. The molecule has 0 saturated carbocycles. The average Bonchev–Trinajstić information content (AvgIpc) is 2.90. The molecule has 9 heteroatoms. The van der Waals surface area contributed by atoms with E-state index in [1.54, 1.807) is 7.05 Å². The van der Waals surface area contributed by atoms with Crippen LogP contribution >= 0.6 is 24.0 Å². The highest BCUT2D eigenvalue weighted by Crippen LogP contribution is 2.15. The fourth-order valence-electron chi connectivity index (χ4n) is 3.26. The van der Waals surface area contributed by atoms with E-state index in [0.717, 1.165) is 49.6 Å². The number of nitrogens with zero attached hydrogens (tertiary/aromatic N) is 4. The smallest absolute Gasteiger partial charge is 0.191 e. The van der Waals surface area contributed by atoms with Crippen LogP contribution in [0.15, 0.2) is 23.2 Å². The van der Waals surface area contributed by atoms with E-state index in [0.29, 0.717) is 12.5 Å². The van der Waals surface area contributed by atoms with Crippen molar-refractivity contribution in [3.05, 3.63) is 47.0 Å². The van der Waals surface area contributed by atoms with Crippen molar-refractivity contribution in [2.24, 2.45) is 4.99 Å². The van der Waals surface area contributed by atoms with Gasteiger partial charge in [-0.05, 0) is 37.5 Å². The van der Waals surface area contributed by atoms with E-state index in [-0.39, 0.29) is 36.1 Å². The molecule has 0 spiro atoms. The number of benzene rings is 1. The van der Waals surface area contributed by atoms with E-state index in [1.807, 2.05) is 0 Å². The van der Waals surface area contributed by atoms with Gasteiger partial charge >= 0.3 is 0 Å². The maximum absolute atomic E-state index is 13.7. The van der Waals surface area contributed by atoms with Gasteiger partial charge in [0.05, 0.1) is 0 Å². The highest BCUT2D eigenvalue weighted by Gasteiger charge is 2.14. The predicted molar refractivity (Wildman–Crippen MR) is 116 cm³/mol. The summed E-state index contributed by atoms with van der Waals surface area (Å²) in [5, 5.41) is 14.8. The van der Waals surface area contributed by atoms with Gasteiger partial charge in [-0.2, -0.15) is 0 Å². The lowest BCUT2D eigenvalue weighted by Gasteiger charge is -2.12. The summed E-state index contributed by atoms with van der Waals surface area (Å²) in [4.78, 5) is 4.12. The molecule has 2 N–H and O–H groups in total. The first-order valence-electron chi connectivity index (χ1n) is 9.47. The highest BCUT2D eigenvalue weighted by atomic mass is 127.